The Morgan fingerprint density at radius 2 is 2.36 bits per heavy atom. The van der Waals surface area contributed by atoms with E-state index in [1.54, 1.807) is 0 Å². The van der Waals surface area contributed by atoms with Crippen LogP contribution in [0.3, 0.4) is 0 Å². The van der Waals surface area contributed by atoms with Gasteiger partial charge in [0.25, 0.3) is 0 Å². The summed E-state index contributed by atoms with van der Waals surface area (Å²) in [6.45, 7) is 8.04. The van der Waals surface area contributed by atoms with E-state index in [0.29, 0.717) is 0 Å². The van der Waals surface area contributed by atoms with Gasteiger partial charge in [0.2, 0.25) is 0 Å². The molecule has 0 aliphatic carbocycles. The molecule has 2 unspecified atom stereocenters. The Hall–Kier alpha value is 0.270. The molecule has 2 nitrogen and oxygen atoms in total. The topological polar surface area (TPSA) is 29.3 Å². The van der Waals surface area contributed by atoms with Crippen LogP contribution in [0.25, 0.3) is 0 Å². The number of rotatable bonds is 5. The summed E-state index contributed by atoms with van der Waals surface area (Å²) in [6.07, 6.45) is 3.74. The first kappa shape index (κ1) is 12.3. The zero-order valence-electron chi connectivity index (χ0n) is 9.54. The van der Waals surface area contributed by atoms with Crippen LogP contribution in [0, 0.1) is 0 Å². The van der Waals surface area contributed by atoms with E-state index in [1.165, 1.54) is 38.1 Å². The summed E-state index contributed by atoms with van der Waals surface area (Å²) >= 11 is 2.14. The highest BCUT2D eigenvalue weighted by Crippen LogP contribution is 2.23. The minimum absolute atomic E-state index is 0.730. The van der Waals surface area contributed by atoms with E-state index in [-0.39, 0.29) is 0 Å². The standard InChI is InChI=1S/C11H24N2S/c1-3-11-9-13(7-8-14-11)10(2)5-4-6-12/h10-11H,3-9,12H2,1-2H3. The number of nitrogens with two attached hydrogens (primary N) is 1. The van der Waals surface area contributed by atoms with Crippen molar-refractivity contribution in [3.8, 4) is 0 Å². The quantitative estimate of drug-likeness (QED) is 0.761. The van der Waals surface area contributed by atoms with Crippen LogP contribution in [-0.2, 0) is 0 Å². The van der Waals surface area contributed by atoms with Crippen LogP contribution in [0.4, 0.5) is 0 Å². The molecule has 1 rings (SSSR count). The van der Waals surface area contributed by atoms with Gasteiger partial charge >= 0.3 is 0 Å². The highest BCUT2D eigenvalue weighted by molar-refractivity contribution is 8.00. The lowest BCUT2D eigenvalue weighted by molar-refractivity contribution is 0.203. The highest BCUT2D eigenvalue weighted by atomic mass is 32.2. The molecule has 1 fully saturated rings. The Kier molecular flexibility index (Phi) is 5.90. The maximum atomic E-state index is 5.54. The van der Waals surface area contributed by atoms with Gasteiger partial charge in [-0.25, -0.2) is 0 Å². The molecule has 0 bridgehead atoms. The fourth-order valence-corrected chi connectivity index (χ4v) is 3.19. The van der Waals surface area contributed by atoms with Crippen LogP contribution < -0.4 is 5.73 Å². The maximum absolute atomic E-state index is 5.54. The van der Waals surface area contributed by atoms with Gasteiger partial charge < -0.3 is 5.73 Å². The molecule has 14 heavy (non-hydrogen) atoms. The minimum atomic E-state index is 0.730. The molecule has 0 aromatic carbocycles. The van der Waals surface area contributed by atoms with Gasteiger partial charge in [-0.05, 0) is 32.7 Å². The largest absolute Gasteiger partial charge is 0.330 e. The van der Waals surface area contributed by atoms with Crippen molar-refractivity contribution >= 4 is 11.8 Å². The molecule has 0 amide bonds. The Bertz CT molecular complexity index is 152. The summed E-state index contributed by atoms with van der Waals surface area (Å²) < 4.78 is 0. The molecule has 0 spiro atoms. The van der Waals surface area contributed by atoms with Gasteiger partial charge in [0.1, 0.15) is 0 Å². The molecule has 1 heterocycles. The van der Waals surface area contributed by atoms with E-state index < -0.39 is 0 Å². The van der Waals surface area contributed by atoms with Crippen LogP contribution in [0.2, 0.25) is 0 Å². The Morgan fingerprint density at radius 1 is 1.57 bits per heavy atom. The summed E-state index contributed by atoms with van der Waals surface area (Å²) in [6, 6.07) is 0.730. The average Bonchev–Trinajstić information content (AvgIpc) is 2.26. The van der Waals surface area contributed by atoms with Gasteiger partial charge in [-0.1, -0.05) is 6.92 Å². The molecule has 0 aromatic rings. The molecular weight excluding hydrogens is 192 g/mol. The first-order valence-electron chi connectivity index (χ1n) is 5.83. The first-order valence-corrected chi connectivity index (χ1v) is 6.88. The van der Waals surface area contributed by atoms with Crippen molar-refractivity contribution in [2.24, 2.45) is 5.73 Å². The van der Waals surface area contributed by atoms with Gasteiger partial charge in [0.05, 0.1) is 0 Å². The van der Waals surface area contributed by atoms with E-state index >= 15 is 0 Å². The summed E-state index contributed by atoms with van der Waals surface area (Å²) in [5.41, 5.74) is 5.54. The SMILES string of the molecule is CCC1CN(C(C)CCCN)CCS1. The monoisotopic (exact) mass is 216 g/mol. The second kappa shape index (κ2) is 6.70. The second-order valence-electron chi connectivity index (χ2n) is 4.18. The smallest absolute Gasteiger partial charge is 0.0172 e. The van der Waals surface area contributed by atoms with Crippen molar-refractivity contribution in [3.63, 3.8) is 0 Å². The molecule has 0 aromatic heterocycles. The van der Waals surface area contributed by atoms with Crippen LogP contribution in [0.5, 0.6) is 0 Å². The minimum Gasteiger partial charge on any atom is -0.330 e. The first-order chi connectivity index (χ1) is 6.77. The number of thioether (sulfide) groups is 1. The van der Waals surface area contributed by atoms with E-state index in [1.807, 2.05) is 0 Å². The van der Waals surface area contributed by atoms with Crippen LogP contribution in [0.1, 0.15) is 33.1 Å². The normalized spacial score (nSPS) is 26.4. The predicted octanol–water partition coefficient (Wildman–Crippen LogP) is 1.94. The fourth-order valence-electron chi connectivity index (χ4n) is 1.99. The lowest BCUT2D eigenvalue weighted by Gasteiger charge is -2.36. The van der Waals surface area contributed by atoms with Crippen molar-refractivity contribution in [3.05, 3.63) is 0 Å². The molecule has 1 aliphatic heterocycles. The van der Waals surface area contributed by atoms with Gasteiger partial charge in [0.15, 0.2) is 0 Å². The molecule has 2 atom stereocenters. The Labute approximate surface area is 92.6 Å². The third-order valence-corrected chi connectivity index (χ3v) is 4.45. The summed E-state index contributed by atoms with van der Waals surface area (Å²) in [5, 5.41) is 0.865. The van der Waals surface area contributed by atoms with E-state index in [0.717, 1.165) is 17.8 Å². The van der Waals surface area contributed by atoms with Gasteiger partial charge in [-0.2, -0.15) is 11.8 Å². The van der Waals surface area contributed by atoms with E-state index in [2.05, 4.69) is 30.5 Å². The molecule has 1 saturated heterocycles. The highest BCUT2D eigenvalue weighted by Gasteiger charge is 2.22. The predicted molar refractivity (Wildman–Crippen MR) is 65.9 cm³/mol. The van der Waals surface area contributed by atoms with Crippen LogP contribution in [0.15, 0.2) is 0 Å². The number of hydrogen-bond donors (Lipinski definition) is 1. The summed E-state index contributed by atoms with van der Waals surface area (Å²) in [4.78, 5) is 2.64. The van der Waals surface area contributed by atoms with Crippen LogP contribution >= 0.6 is 11.8 Å². The second-order valence-corrected chi connectivity index (χ2v) is 5.58. The lowest BCUT2D eigenvalue weighted by atomic mass is 10.1. The van der Waals surface area contributed by atoms with Gasteiger partial charge in [-0.15, -0.1) is 0 Å². The molecule has 3 heteroatoms. The summed E-state index contributed by atoms with van der Waals surface area (Å²) in [5.74, 6) is 1.31. The number of hydrogen-bond acceptors (Lipinski definition) is 3. The molecular formula is C11H24N2S. The zero-order chi connectivity index (χ0) is 10.4. The Balaban J connectivity index is 2.27. The number of nitrogens with zero attached hydrogens (tertiary/aromatic N) is 1. The van der Waals surface area contributed by atoms with E-state index in [9.17, 15) is 0 Å². The van der Waals surface area contributed by atoms with Crippen molar-refractivity contribution in [1.29, 1.82) is 0 Å². The molecule has 0 radical (unpaired) electrons. The zero-order valence-corrected chi connectivity index (χ0v) is 10.4. The fraction of sp³-hybridized carbons (Fsp3) is 1.00. The van der Waals surface area contributed by atoms with Crippen molar-refractivity contribution in [2.45, 2.75) is 44.4 Å². The van der Waals surface area contributed by atoms with Crippen molar-refractivity contribution in [2.75, 3.05) is 25.4 Å². The van der Waals surface area contributed by atoms with E-state index in [4.69, 9.17) is 5.73 Å². The van der Waals surface area contributed by atoms with Crippen molar-refractivity contribution in [1.82, 2.24) is 4.90 Å². The molecule has 2 N–H and O–H groups in total. The maximum Gasteiger partial charge on any atom is 0.0172 e. The molecule has 84 valence electrons. The molecule has 1 aliphatic rings. The van der Waals surface area contributed by atoms with Gasteiger partial charge in [-0.3, -0.25) is 4.90 Å². The van der Waals surface area contributed by atoms with Crippen molar-refractivity contribution < 1.29 is 0 Å². The average molecular weight is 216 g/mol. The molecule has 0 saturated carbocycles. The van der Waals surface area contributed by atoms with Crippen LogP contribution in [-0.4, -0.2) is 41.6 Å². The van der Waals surface area contributed by atoms with Gasteiger partial charge in [0, 0.05) is 30.1 Å². The third kappa shape index (κ3) is 3.79. The lowest BCUT2D eigenvalue weighted by Crippen LogP contribution is -2.43. The summed E-state index contributed by atoms with van der Waals surface area (Å²) in [7, 11) is 0. The third-order valence-electron chi connectivity index (χ3n) is 3.07. The Morgan fingerprint density at radius 3 is 3.00 bits per heavy atom.